The van der Waals surface area contributed by atoms with Crippen LogP contribution in [-0.4, -0.2) is 33.2 Å². The van der Waals surface area contributed by atoms with E-state index in [1.54, 1.807) is 13.8 Å². The van der Waals surface area contributed by atoms with Crippen LogP contribution in [0.5, 0.6) is 0 Å². The van der Waals surface area contributed by atoms with Crippen molar-refractivity contribution in [2.75, 3.05) is 0 Å². The van der Waals surface area contributed by atoms with Crippen LogP contribution in [0.25, 0.3) is 0 Å². The van der Waals surface area contributed by atoms with Crippen LogP contribution in [0.2, 0.25) is 0 Å². The molecule has 1 amide bonds. The zero-order valence-electron chi connectivity index (χ0n) is 4.77. The Balaban J connectivity index is 0. The summed E-state index contributed by atoms with van der Waals surface area (Å²) in [6.45, 7) is 3.53. The fourth-order valence-electron chi connectivity index (χ4n) is 0. The van der Waals surface area contributed by atoms with E-state index in [1.807, 2.05) is 0 Å². The van der Waals surface area contributed by atoms with Gasteiger partial charge in [-0.15, -0.1) is 0 Å². The molecule has 0 aliphatic carbocycles. The molecule has 0 saturated heterocycles. The van der Waals surface area contributed by atoms with Crippen molar-refractivity contribution in [3.05, 3.63) is 0 Å². The molecule has 0 aromatic carbocycles. The van der Waals surface area contributed by atoms with Crippen molar-refractivity contribution in [3.8, 4) is 0 Å². The normalized spacial score (nSPS) is 7.86. The van der Waals surface area contributed by atoms with E-state index in [4.69, 9.17) is 5.73 Å². The van der Waals surface area contributed by atoms with Crippen LogP contribution in [0.3, 0.4) is 0 Å². The van der Waals surface area contributed by atoms with Crippen molar-refractivity contribution in [1.82, 2.24) is 0 Å². The molecule has 0 rings (SSSR count). The molecule has 7 heavy (non-hydrogen) atoms. The minimum absolute atomic E-state index is 0. The number of nitrogens with two attached hydrogens (primary N) is 1. The summed E-state index contributed by atoms with van der Waals surface area (Å²) in [6.07, 6.45) is 0. The Hall–Kier alpha value is 0.392. The molecule has 0 saturated carbocycles. The monoisotopic (exact) mass is 297 g/mol. The van der Waals surface area contributed by atoms with Crippen molar-refractivity contribution >= 4 is 33.2 Å². The predicted molar refractivity (Wildman–Crippen MR) is 32.6 cm³/mol. The molecule has 0 aliphatic heterocycles. The van der Waals surface area contributed by atoms with E-state index in [0.29, 0.717) is 0 Å². The Morgan fingerprint density at radius 2 is 1.71 bits per heavy atom. The van der Waals surface area contributed by atoms with E-state index in [2.05, 4.69) is 0 Å². The van der Waals surface area contributed by atoms with Gasteiger partial charge in [0.25, 0.3) is 0 Å². The van der Waals surface area contributed by atoms with E-state index < -0.39 is 0 Å². The van der Waals surface area contributed by atoms with Gasteiger partial charge < -0.3 is 5.73 Å². The van der Waals surface area contributed by atoms with Gasteiger partial charge in [-0.25, -0.2) is 0 Å². The number of hydrogen-bond acceptors (Lipinski definition) is 1. The SMILES string of the molecule is CC(C)C(N)=O.[PbH2]. The molecule has 0 aromatic heterocycles. The van der Waals surface area contributed by atoms with E-state index in [0.717, 1.165) is 0 Å². The average Bonchev–Trinajstić information content (AvgIpc) is 1.36. The third-order valence-corrected chi connectivity index (χ3v) is 0.569. The first-order valence-corrected chi connectivity index (χ1v) is 1.94. The van der Waals surface area contributed by atoms with Crippen LogP contribution >= 0.6 is 0 Å². The van der Waals surface area contributed by atoms with Crippen LogP contribution in [0.4, 0.5) is 0 Å². The molecule has 2 nitrogen and oxygen atoms in total. The number of primary amides is 1. The Kier molecular flexibility index (Phi) is 6.75. The maximum absolute atomic E-state index is 9.92. The first kappa shape index (κ1) is 10.4. The molecular weight excluding hydrogens is 285 g/mol. The van der Waals surface area contributed by atoms with Gasteiger partial charge >= 0.3 is 27.3 Å². The topological polar surface area (TPSA) is 43.1 Å². The molecule has 0 aromatic rings. The van der Waals surface area contributed by atoms with Gasteiger partial charge in [0, 0.05) is 5.92 Å². The first-order valence-electron chi connectivity index (χ1n) is 1.94. The number of amides is 1. The summed E-state index contributed by atoms with van der Waals surface area (Å²) in [7, 11) is 0. The second-order valence-electron chi connectivity index (χ2n) is 1.56. The summed E-state index contributed by atoms with van der Waals surface area (Å²) >= 11 is 0. The van der Waals surface area contributed by atoms with Gasteiger partial charge in [-0.1, -0.05) is 13.8 Å². The standard InChI is InChI=1S/C4H9NO.Pb.2H/c1-3(2)4(5)6;;;/h3H,1-2H3,(H2,5,6);;;. The minimum atomic E-state index is -0.241. The maximum atomic E-state index is 9.92. The second kappa shape index (κ2) is 4.55. The summed E-state index contributed by atoms with van der Waals surface area (Å²) < 4.78 is 0. The predicted octanol–water partition coefficient (Wildman–Crippen LogP) is -0.788. The van der Waals surface area contributed by atoms with E-state index >= 15 is 0 Å². The van der Waals surface area contributed by atoms with Gasteiger partial charge in [-0.2, -0.15) is 0 Å². The van der Waals surface area contributed by atoms with Crippen LogP contribution in [0.1, 0.15) is 13.8 Å². The molecule has 2 radical (unpaired) electrons. The van der Waals surface area contributed by atoms with Crippen LogP contribution in [0.15, 0.2) is 0 Å². The Morgan fingerprint density at radius 1 is 1.57 bits per heavy atom. The third kappa shape index (κ3) is 6.39. The van der Waals surface area contributed by atoms with Crippen LogP contribution in [0, 0.1) is 5.92 Å². The van der Waals surface area contributed by atoms with Gasteiger partial charge in [0.1, 0.15) is 0 Å². The molecule has 0 atom stereocenters. The van der Waals surface area contributed by atoms with Gasteiger partial charge in [0.05, 0.1) is 0 Å². The van der Waals surface area contributed by atoms with E-state index in [9.17, 15) is 4.79 Å². The average molecular weight is 296 g/mol. The molecular formula is C4H11NOPb. The molecule has 3 heteroatoms. The molecule has 42 valence electrons. The summed E-state index contributed by atoms with van der Waals surface area (Å²) in [6, 6.07) is 0. The van der Waals surface area contributed by atoms with Gasteiger partial charge in [0.2, 0.25) is 5.91 Å². The van der Waals surface area contributed by atoms with Crippen LogP contribution < -0.4 is 5.73 Å². The Morgan fingerprint density at radius 3 is 1.71 bits per heavy atom. The molecule has 0 aliphatic rings. The van der Waals surface area contributed by atoms with Crippen LogP contribution in [-0.2, 0) is 4.79 Å². The number of carbonyl (C=O) groups is 1. The summed E-state index contributed by atoms with van der Waals surface area (Å²) in [4.78, 5) is 9.92. The van der Waals surface area contributed by atoms with Crippen molar-refractivity contribution < 1.29 is 4.79 Å². The molecule has 0 heterocycles. The van der Waals surface area contributed by atoms with Gasteiger partial charge in [0.15, 0.2) is 0 Å². The van der Waals surface area contributed by atoms with E-state index in [-0.39, 0.29) is 39.1 Å². The fourth-order valence-corrected chi connectivity index (χ4v) is 0. The van der Waals surface area contributed by atoms with Crippen molar-refractivity contribution in [2.24, 2.45) is 11.7 Å². The quantitative estimate of drug-likeness (QED) is 0.633. The van der Waals surface area contributed by atoms with Crippen molar-refractivity contribution in [1.29, 1.82) is 0 Å². The molecule has 0 bridgehead atoms. The summed E-state index contributed by atoms with van der Waals surface area (Å²) in [5.74, 6) is -0.250. The number of rotatable bonds is 1. The van der Waals surface area contributed by atoms with Gasteiger partial charge in [-0.3, -0.25) is 4.79 Å². The zero-order chi connectivity index (χ0) is 5.15. The molecule has 2 N–H and O–H groups in total. The Bertz CT molecular complexity index is 62.7. The fraction of sp³-hybridized carbons (Fsp3) is 0.750. The Labute approximate surface area is 63.6 Å². The molecule has 0 fully saturated rings. The van der Waals surface area contributed by atoms with Gasteiger partial charge in [-0.05, 0) is 0 Å². The first-order chi connectivity index (χ1) is 2.64. The number of carbonyl (C=O) groups excluding carboxylic acids is 1. The number of hydrogen-bond donors (Lipinski definition) is 1. The third-order valence-electron chi connectivity index (χ3n) is 0.569. The zero-order valence-corrected chi connectivity index (χ0v) is 10.3. The molecule has 0 unspecified atom stereocenters. The summed E-state index contributed by atoms with van der Waals surface area (Å²) in [5, 5.41) is 0. The molecule has 0 spiro atoms. The summed E-state index contributed by atoms with van der Waals surface area (Å²) in [5.41, 5.74) is 4.80. The van der Waals surface area contributed by atoms with Crippen molar-refractivity contribution in [3.63, 3.8) is 0 Å². The second-order valence-corrected chi connectivity index (χ2v) is 1.56. The van der Waals surface area contributed by atoms with E-state index in [1.165, 1.54) is 0 Å². The van der Waals surface area contributed by atoms with Crippen molar-refractivity contribution in [2.45, 2.75) is 13.8 Å².